The SMILES string of the molecule is Nc1ccc(Cl)c(S(=O)(=O)NC(CO)(CO)CO)c1. The first-order chi connectivity index (χ1) is 8.80. The molecule has 0 radical (unpaired) electrons. The van der Waals surface area contributed by atoms with Crippen molar-refractivity contribution >= 4 is 27.3 Å². The average Bonchev–Trinajstić information content (AvgIpc) is 2.39. The molecule has 0 heterocycles. The number of aliphatic hydroxyl groups excluding tert-OH is 3. The van der Waals surface area contributed by atoms with Crippen molar-refractivity contribution in [3.05, 3.63) is 23.2 Å². The van der Waals surface area contributed by atoms with Crippen molar-refractivity contribution in [2.45, 2.75) is 10.4 Å². The number of nitrogens with one attached hydrogen (secondary N) is 1. The Hall–Kier alpha value is -0.900. The molecule has 0 aliphatic carbocycles. The van der Waals surface area contributed by atoms with E-state index in [1.165, 1.54) is 12.1 Å². The Bertz CT molecular complexity index is 537. The Balaban J connectivity index is 3.21. The van der Waals surface area contributed by atoms with E-state index >= 15 is 0 Å². The number of nitrogens with two attached hydrogens (primary N) is 1. The second-order valence-corrected chi connectivity index (χ2v) is 6.11. The highest BCUT2D eigenvalue weighted by Gasteiger charge is 2.34. The van der Waals surface area contributed by atoms with Crippen LogP contribution < -0.4 is 10.5 Å². The van der Waals surface area contributed by atoms with Crippen molar-refractivity contribution < 1.29 is 23.7 Å². The van der Waals surface area contributed by atoms with Crippen molar-refractivity contribution in [2.75, 3.05) is 25.6 Å². The summed E-state index contributed by atoms with van der Waals surface area (Å²) < 4.78 is 26.2. The Kier molecular flexibility index (Phi) is 5.13. The van der Waals surface area contributed by atoms with Crippen LogP contribution in [0.15, 0.2) is 23.1 Å². The maximum Gasteiger partial charge on any atom is 0.242 e. The first-order valence-electron chi connectivity index (χ1n) is 5.22. The largest absolute Gasteiger partial charge is 0.399 e. The molecule has 0 spiro atoms. The molecule has 0 aliphatic heterocycles. The van der Waals surface area contributed by atoms with Gasteiger partial charge >= 0.3 is 0 Å². The zero-order chi connectivity index (χ0) is 14.7. The quantitative estimate of drug-likeness (QED) is 0.424. The van der Waals surface area contributed by atoms with Crippen molar-refractivity contribution in [1.82, 2.24) is 4.72 Å². The fourth-order valence-corrected chi connectivity index (χ4v) is 3.22. The van der Waals surface area contributed by atoms with Crippen molar-refractivity contribution in [2.24, 2.45) is 0 Å². The Morgan fingerprint density at radius 3 is 2.21 bits per heavy atom. The Morgan fingerprint density at radius 1 is 1.21 bits per heavy atom. The number of hydrogen-bond donors (Lipinski definition) is 5. The molecule has 1 aromatic carbocycles. The number of anilines is 1. The summed E-state index contributed by atoms with van der Waals surface area (Å²) in [5.74, 6) is 0. The predicted octanol–water partition coefficient (Wildman–Crippen LogP) is -1.08. The highest BCUT2D eigenvalue weighted by atomic mass is 35.5. The number of hydrogen-bond acceptors (Lipinski definition) is 6. The third kappa shape index (κ3) is 3.56. The lowest BCUT2D eigenvalue weighted by Crippen LogP contribution is -2.56. The summed E-state index contributed by atoms with van der Waals surface area (Å²) in [5, 5.41) is 27.3. The Labute approximate surface area is 115 Å². The maximum atomic E-state index is 12.1. The molecule has 0 amide bonds. The summed E-state index contributed by atoms with van der Waals surface area (Å²) in [4.78, 5) is -0.297. The minimum Gasteiger partial charge on any atom is -0.399 e. The zero-order valence-corrected chi connectivity index (χ0v) is 11.4. The van der Waals surface area contributed by atoms with E-state index in [2.05, 4.69) is 0 Å². The van der Waals surface area contributed by atoms with E-state index in [-0.39, 0.29) is 15.6 Å². The number of sulfonamides is 1. The van der Waals surface area contributed by atoms with Gasteiger partial charge < -0.3 is 21.1 Å². The first kappa shape index (κ1) is 16.2. The van der Waals surface area contributed by atoms with E-state index in [1.807, 2.05) is 4.72 Å². The summed E-state index contributed by atoms with van der Waals surface area (Å²) in [5.41, 5.74) is 3.90. The smallest absolute Gasteiger partial charge is 0.242 e. The normalized spacial score (nSPS) is 12.6. The van der Waals surface area contributed by atoms with E-state index in [1.54, 1.807) is 0 Å². The standard InChI is InChI=1S/C10H15ClN2O5S/c11-8-2-1-7(12)3-9(8)19(17,18)13-10(4-14,5-15)6-16/h1-3,13-16H,4-6,12H2. The first-order valence-corrected chi connectivity index (χ1v) is 7.08. The fourth-order valence-electron chi connectivity index (χ4n) is 1.31. The Morgan fingerprint density at radius 2 is 1.74 bits per heavy atom. The van der Waals surface area contributed by atoms with E-state index in [4.69, 9.17) is 32.7 Å². The van der Waals surface area contributed by atoms with Gasteiger partial charge in [-0.3, -0.25) is 0 Å². The van der Waals surface area contributed by atoms with Crippen molar-refractivity contribution in [3.8, 4) is 0 Å². The lowest BCUT2D eigenvalue weighted by molar-refractivity contribution is 0.0582. The van der Waals surface area contributed by atoms with E-state index < -0.39 is 35.4 Å². The average molecular weight is 311 g/mol. The molecule has 0 bridgehead atoms. The molecule has 0 aromatic heterocycles. The number of nitrogen functional groups attached to an aromatic ring is 1. The van der Waals surface area contributed by atoms with Gasteiger partial charge in [-0.1, -0.05) is 11.6 Å². The monoisotopic (exact) mass is 310 g/mol. The van der Waals surface area contributed by atoms with Crippen LogP contribution in [0.1, 0.15) is 0 Å². The van der Waals surface area contributed by atoms with Gasteiger partial charge in [0.1, 0.15) is 10.4 Å². The molecule has 19 heavy (non-hydrogen) atoms. The predicted molar refractivity (Wildman–Crippen MR) is 70.2 cm³/mol. The highest BCUT2D eigenvalue weighted by Crippen LogP contribution is 2.24. The molecular weight excluding hydrogens is 296 g/mol. The number of rotatable bonds is 6. The zero-order valence-electron chi connectivity index (χ0n) is 9.88. The summed E-state index contributed by atoms with van der Waals surface area (Å²) in [7, 11) is -4.15. The third-order valence-corrected chi connectivity index (χ3v) is 4.56. The van der Waals surface area contributed by atoms with E-state index in [0.29, 0.717) is 0 Å². The van der Waals surface area contributed by atoms with Gasteiger partial charge in [0.05, 0.1) is 24.8 Å². The molecule has 9 heteroatoms. The highest BCUT2D eigenvalue weighted by molar-refractivity contribution is 7.89. The summed E-state index contributed by atoms with van der Waals surface area (Å²) in [6, 6.07) is 3.88. The van der Waals surface area contributed by atoms with Crippen molar-refractivity contribution in [1.29, 1.82) is 0 Å². The van der Waals surface area contributed by atoms with Crippen LogP contribution >= 0.6 is 11.6 Å². The summed E-state index contributed by atoms with van der Waals surface area (Å²) in [6.07, 6.45) is 0. The minimum atomic E-state index is -4.15. The fraction of sp³-hybridized carbons (Fsp3) is 0.400. The molecule has 1 rings (SSSR count). The maximum absolute atomic E-state index is 12.1. The van der Waals surface area contributed by atoms with Gasteiger partial charge in [0.15, 0.2) is 0 Å². The second-order valence-electron chi connectivity index (χ2n) is 4.05. The van der Waals surface area contributed by atoms with Crippen LogP contribution in [-0.2, 0) is 10.0 Å². The van der Waals surface area contributed by atoms with Crippen LogP contribution in [0.5, 0.6) is 0 Å². The molecule has 6 N–H and O–H groups in total. The van der Waals surface area contributed by atoms with E-state index in [0.717, 1.165) is 6.07 Å². The van der Waals surface area contributed by atoms with Gasteiger partial charge in [-0.15, -0.1) is 0 Å². The number of aliphatic hydroxyl groups is 3. The van der Waals surface area contributed by atoms with Crippen LogP contribution in [0.2, 0.25) is 5.02 Å². The van der Waals surface area contributed by atoms with Crippen LogP contribution in [0.4, 0.5) is 5.69 Å². The van der Waals surface area contributed by atoms with Gasteiger partial charge in [-0.2, -0.15) is 4.72 Å². The van der Waals surface area contributed by atoms with Crippen LogP contribution in [-0.4, -0.2) is 49.1 Å². The third-order valence-electron chi connectivity index (χ3n) is 2.50. The molecule has 0 saturated heterocycles. The molecule has 1 aromatic rings. The van der Waals surface area contributed by atoms with Crippen molar-refractivity contribution in [3.63, 3.8) is 0 Å². The lowest BCUT2D eigenvalue weighted by atomic mass is 10.1. The van der Waals surface area contributed by atoms with Crippen LogP contribution in [0.3, 0.4) is 0 Å². The molecule has 7 nitrogen and oxygen atoms in total. The topological polar surface area (TPSA) is 133 Å². The second kappa shape index (κ2) is 6.04. The van der Waals surface area contributed by atoms with Crippen LogP contribution in [0, 0.1) is 0 Å². The molecule has 108 valence electrons. The molecule has 0 aliphatic rings. The molecule has 0 saturated carbocycles. The van der Waals surface area contributed by atoms with Crippen LogP contribution in [0.25, 0.3) is 0 Å². The minimum absolute atomic E-state index is 0.0654. The van der Waals surface area contributed by atoms with Gasteiger partial charge in [0.25, 0.3) is 0 Å². The molecular formula is C10H15ClN2O5S. The van der Waals surface area contributed by atoms with Gasteiger partial charge in [0, 0.05) is 5.69 Å². The van der Waals surface area contributed by atoms with Gasteiger partial charge in [-0.05, 0) is 18.2 Å². The lowest BCUT2D eigenvalue weighted by Gasteiger charge is -2.28. The molecule has 0 unspecified atom stereocenters. The van der Waals surface area contributed by atoms with Gasteiger partial charge in [-0.25, -0.2) is 8.42 Å². The van der Waals surface area contributed by atoms with Gasteiger partial charge in [0.2, 0.25) is 10.0 Å². The molecule has 0 fully saturated rings. The summed E-state index contributed by atoms with van der Waals surface area (Å²) in [6.45, 7) is -2.34. The van der Waals surface area contributed by atoms with E-state index in [9.17, 15) is 8.42 Å². The molecule has 0 atom stereocenters. The number of benzene rings is 1. The summed E-state index contributed by atoms with van der Waals surface area (Å²) >= 11 is 5.78. The number of halogens is 1.